The lowest BCUT2D eigenvalue weighted by Gasteiger charge is -2.19. The first kappa shape index (κ1) is 12.9. The highest BCUT2D eigenvalue weighted by Gasteiger charge is 2.11. The van der Waals surface area contributed by atoms with Gasteiger partial charge in [-0.2, -0.15) is 0 Å². The van der Waals surface area contributed by atoms with Gasteiger partial charge in [-0.15, -0.1) is 11.3 Å². The Morgan fingerprint density at radius 2 is 2.35 bits per heavy atom. The Morgan fingerprint density at radius 3 is 3.10 bits per heavy atom. The van der Waals surface area contributed by atoms with E-state index in [0.29, 0.717) is 0 Å². The van der Waals surface area contributed by atoms with Crippen molar-refractivity contribution in [1.82, 2.24) is 14.4 Å². The first-order chi connectivity index (χ1) is 9.78. The summed E-state index contributed by atoms with van der Waals surface area (Å²) in [4.78, 5) is 12.6. The molecular weight excluding hydrogens is 270 g/mol. The molecule has 0 aliphatic carbocycles. The maximum atomic E-state index is 4.63. The molecule has 0 aromatic carbocycles. The van der Waals surface area contributed by atoms with Crippen LogP contribution in [0.15, 0.2) is 36.1 Å². The van der Waals surface area contributed by atoms with Crippen molar-refractivity contribution in [3.63, 3.8) is 0 Å². The molecule has 3 aromatic rings. The van der Waals surface area contributed by atoms with Gasteiger partial charge in [0.15, 0.2) is 11.5 Å². The molecule has 0 aliphatic heterocycles. The first-order valence-corrected chi connectivity index (χ1v) is 7.41. The van der Waals surface area contributed by atoms with Crippen molar-refractivity contribution in [3.8, 4) is 0 Å². The summed E-state index contributed by atoms with van der Waals surface area (Å²) in [6, 6.07) is 4.26. The molecule has 20 heavy (non-hydrogen) atoms. The van der Waals surface area contributed by atoms with Crippen LogP contribution >= 0.6 is 11.3 Å². The molecule has 3 heterocycles. The zero-order valence-corrected chi connectivity index (χ0v) is 12.4. The molecule has 0 unspecified atom stereocenters. The summed E-state index contributed by atoms with van der Waals surface area (Å²) in [5.74, 6) is 1.74. The standard InChI is InChI=1S/C14H17N5S/c1-15-12-10-19-8-6-16-13(19)14(17-12)18(2)7-5-11-4-3-9-20-11/h3-4,6,8-10,15H,5,7H2,1-2H3. The number of anilines is 2. The van der Waals surface area contributed by atoms with Gasteiger partial charge in [-0.05, 0) is 17.9 Å². The van der Waals surface area contributed by atoms with E-state index in [-0.39, 0.29) is 0 Å². The topological polar surface area (TPSA) is 45.5 Å². The van der Waals surface area contributed by atoms with Crippen LogP contribution in [0.1, 0.15) is 4.88 Å². The lowest BCUT2D eigenvalue weighted by Crippen LogP contribution is -2.22. The van der Waals surface area contributed by atoms with Crippen molar-refractivity contribution in [3.05, 3.63) is 41.0 Å². The maximum Gasteiger partial charge on any atom is 0.180 e. The number of rotatable bonds is 5. The van der Waals surface area contributed by atoms with E-state index in [4.69, 9.17) is 0 Å². The zero-order valence-electron chi connectivity index (χ0n) is 11.6. The van der Waals surface area contributed by atoms with E-state index in [1.165, 1.54) is 4.88 Å². The monoisotopic (exact) mass is 287 g/mol. The van der Waals surface area contributed by atoms with Gasteiger partial charge in [-0.1, -0.05) is 6.07 Å². The highest BCUT2D eigenvalue weighted by molar-refractivity contribution is 7.09. The Labute approximate surface area is 121 Å². The lowest BCUT2D eigenvalue weighted by atomic mass is 10.3. The summed E-state index contributed by atoms with van der Waals surface area (Å²) in [5.41, 5.74) is 0.887. The van der Waals surface area contributed by atoms with Crippen LogP contribution in [0, 0.1) is 0 Å². The Hall–Kier alpha value is -2.08. The molecule has 0 amide bonds. The molecule has 1 N–H and O–H groups in total. The van der Waals surface area contributed by atoms with Crippen molar-refractivity contribution in [2.75, 3.05) is 30.9 Å². The van der Waals surface area contributed by atoms with Gasteiger partial charge >= 0.3 is 0 Å². The predicted octanol–water partition coefficient (Wildman–Crippen LogP) is 2.51. The molecule has 0 fully saturated rings. The zero-order chi connectivity index (χ0) is 13.9. The quantitative estimate of drug-likeness (QED) is 0.783. The molecule has 3 rings (SSSR count). The summed E-state index contributed by atoms with van der Waals surface area (Å²) in [6.45, 7) is 0.920. The molecule has 0 bridgehead atoms. The fourth-order valence-corrected chi connectivity index (χ4v) is 2.83. The number of hydrogen-bond acceptors (Lipinski definition) is 5. The van der Waals surface area contributed by atoms with Crippen LogP contribution in [-0.4, -0.2) is 35.0 Å². The summed E-state index contributed by atoms with van der Waals surface area (Å²) < 4.78 is 2.00. The third-order valence-corrected chi connectivity index (χ3v) is 4.18. The van der Waals surface area contributed by atoms with E-state index < -0.39 is 0 Å². The summed E-state index contributed by atoms with van der Waals surface area (Å²) in [5, 5.41) is 5.20. The second-order valence-corrected chi connectivity index (χ2v) is 5.64. The molecule has 0 radical (unpaired) electrons. The van der Waals surface area contributed by atoms with Crippen LogP contribution in [0.5, 0.6) is 0 Å². The number of nitrogens with zero attached hydrogens (tertiary/aromatic N) is 4. The highest BCUT2D eigenvalue weighted by atomic mass is 32.1. The molecule has 0 atom stereocenters. The van der Waals surface area contributed by atoms with E-state index in [0.717, 1.165) is 30.2 Å². The number of hydrogen-bond donors (Lipinski definition) is 1. The van der Waals surface area contributed by atoms with Gasteiger partial charge in [0.25, 0.3) is 0 Å². The lowest BCUT2D eigenvalue weighted by molar-refractivity contribution is 0.866. The average molecular weight is 287 g/mol. The molecule has 0 saturated heterocycles. The molecule has 104 valence electrons. The normalized spacial score (nSPS) is 10.9. The molecular formula is C14H17N5S. The smallest absolute Gasteiger partial charge is 0.180 e. The number of thiophene rings is 1. The fraction of sp³-hybridized carbons (Fsp3) is 0.286. The van der Waals surface area contributed by atoms with E-state index in [9.17, 15) is 0 Å². The van der Waals surface area contributed by atoms with Crippen molar-refractivity contribution < 1.29 is 0 Å². The van der Waals surface area contributed by atoms with Gasteiger partial charge in [-0.3, -0.25) is 0 Å². The average Bonchev–Trinajstić information content (AvgIpc) is 3.14. The van der Waals surface area contributed by atoms with Crippen LogP contribution < -0.4 is 10.2 Å². The van der Waals surface area contributed by atoms with Crippen molar-refractivity contribution >= 4 is 28.6 Å². The Kier molecular flexibility index (Phi) is 3.56. The number of likely N-dealkylation sites (N-methyl/N-ethyl adjacent to an activating group) is 1. The highest BCUT2D eigenvalue weighted by Crippen LogP contribution is 2.20. The van der Waals surface area contributed by atoms with Crippen molar-refractivity contribution in [2.45, 2.75) is 6.42 Å². The number of nitrogens with one attached hydrogen (secondary N) is 1. The molecule has 5 nitrogen and oxygen atoms in total. The molecule has 6 heteroatoms. The number of aromatic nitrogens is 3. The maximum absolute atomic E-state index is 4.63. The minimum absolute atomic E-state index is 0.841. The van der Waals surface area contributed by atoms with Crippen LogP contribution in [0.4, 0.5) is 11.6 Å². The van der Waals surface area contributed by atoms with E-state index in [2.05, 4.69) is 44.7 Å². The first-order valence-electron chi connectivity index (χ1n) is 6.53. The van der Waals surface area contributed by atoms with Gasteiger partial charge in [0.05, 0.1) is 6.20 Å². The molecule has 0 saturated carbocycles. The number of imidazole rings is 1. The molecule has 3 aromatic heterocycles. The van der Waals surface area contributed by atoms with E-state index >= 15 is 0 Å². The van der Waals surface area contributed by atoms with E-state index in [1.807, 2.05) is 23.8 Å². The SMILES string of the molecule is CNc1cn2ccnc2c(N(C)CCc2cccs2)n1. The van der Waals surface area contributed by atoms with Crippen LogP contribution in [-0.2, 0) is 6.42 Å². The van der Waals surface area contributed by atoms with Gasteiger partial charge in [0, 0.05) is 37.9 Å². The van der Waals surface area contributed by atoms with Crippen molar-refractivity contribution in [2.24, 2.45) is 0 Å². The Bertz CT molecular complexity index is 689. The largest absolute Gasteiger partial charge is 0.372 e. The van der Waals surface area contributed by atoms with E-state index in [1.54, 1.807) is 17.5 Å². The predicted molar refractivity (Wildman–Crippen MR) is 83.8 cm³/mol. The minimum atomic E-state index is 0.841. The summed E-state index contributed by atoms with van der Waals surface area (Å²) >= 11 is 1.79. The van der Waals surface area contributed by atoms with Crippen LogP contribution in [0.3, 0.4) is 0 Å². The summed E-state index contributed by atoms with van der Waals surface area (Å²) in [6.07, 6.45) is 6.70. The molecule has 0 spiro atoms. The van der Waals surface area contributed by atoms with Gasteiger partial charge in [-0.25, -0.2) is 9.97 Å². The third kappa shape index (κ3) is 2.46. The van der Waals surface area contributed by atoms with Gasteiger partial charge in [0.2, 0.25) is 0 Å². The van der Waals surface area contributed by atoms with Gasteiger partial charge in [0.1, 0.15) is 5.82 Å². The number of fused-ring (bicyclic) bond motifs is 1. The molecule has 0 aliphatic rings. The Balaban J connectivity index is 1.86. The minimum Gasteiger partial charge on any atom is -0.372 e. The summed E-state index contributed by atoms with van der Waals surface area (Å²) in [7, 11) is 3.94. The van der Waals surface area contributed by atoms with Crippen molar-refractivity contribution in [1.29, 1.82) is 0 Å². The second kappa shape index (κ2) is 5.50. The van der Waals surface area contributed by atoms with Gasteiger partial charge < -0.3 is 14.6 Å². The Morgan fingerprint density at radius 1 is 1.45 bits per heavy atom. The fourth-order valence-electron chi connectivity index (χ4n) is 2.13. The van der Waals surface area contributed by atoms with Crippen LogP contribution in [0.25, 0.3) is 5.65 Å². The second-order valence-electron chi connectivity index (χ2n) is 4.61. The third-order valence-electron chi connectivity index (χ3n) is 3.25. The van der Waals surface area contributed by atoms with Crippen LogP contribution in [0.2, 0.25) is 0 Å².